The molecule has 0 spiro atoms. The van der Waals surface area contributed by atoms with Crippen LogP contribution in [0, 0.1) is 23.0 Å². The van der Waals surface area contributed by atoms with E-state index in [4.69, 9.17) is 0 Å². The van der Waals surface area contributed by atoms with E-state index in [1.807, 2.05) is 0 Å². The highest BCUT2D eigenvalue weighted by Gasteiger charge is 2.20. The van der Waals surface area contributed by atoms with Gasteiger partial charge in [-0.2, -0.15) is 0 Å². The monoisotopic (exact) mass is 380 g/mol. The zero-order valence-electron chi connectivity index (χ0n) is 14.3. The van der Waals surface area contributed by atoms with Crippen LogP contribution >= 0.6 is 12.4 Å². The molecule has 1 aliphatic heterocycles. The van der Waals surface area contributed by atoms with Gasteiger partial charge >= 0.3 is 0 Å². The fourth-order valence-corrected chi connectivity index (χ4v) is 2.94. The van der Waals surface area contributed by atoms with Gasteiger partial charge in [0.25, 0.3) is 11.6 Å². The second-order valence-corrected chi connectivity index (χ2v) is 6.13. The largest absolute Gasteiger partial charge is 0.350 e. The molecule has 1 atom stereocenters. The number of carbonyl (C=O) groups excluding carboxylic acids is 1. The van der Waals surface area contributed by atoms with Gasteiger partial charge in [0.05, 0.1) is 16.3 Å². The van der Waals surface area contributed by atoms with Crippen molar-refractivity contribution in [3.63, 3.8) is 0 Å². The minimum atomic E-state index is -0.471. The zero-order chi connectivity index (χ0) is 17.8. The molecule has 2 N–H and O–H groups in total. The molecule has 140 valence electrons. The molecule has 1 fully saturated rings. The van der Waals surface area contributed by atoms with Crippen molar-refractivity contribution >= 4 is 24.0 Å². The van der Waals surface area contributed by atoms with Crippen LogP contribution in [0.15, 0.2) is 24.3 Å². The minimum absolute atomic E-state index is 0. The third-order valence-electron chi connectivity index (χ3n) is 4.35. The summed E-state index contributed by atoms with van der Waals surface area (Å²) in [6.45, 7) is 4.24. The Hall–Kier alpha value is -2.52. The van der Waals surface area contributed by atoms with Gasteiger partial charge < -0.3 is 10.6 Å². The van der Waals surface area contributed by atoms with Gasteiger partial charge in [-0.15, -0.1) is 17.5 Å². The summed E-state index contributed by atoms with van der Waals surface area (Å²) in [5, 5.41) is 25.0. The van der Waals surface area contributed by atoms with Gasteiger partial charge in [0.2, 0.25) is 0 Å². The number of halogens is 1. The number of aromatic nitrogens is 3. The molecule has 1 aliphatic rings. The van der Waals surface area contributed by atoms with Crippen LogP contribution < -0.4 is 10.6 Å². The highest BCUT2D eigenvalue weighted by molar-refractivity contribution is 5.93. The van der Waals surface area contributed by atoms with Crippen LogP contribution in [0.5, 0.6) is 0 Å². The quantitative estimate of drug-likeness (QED) is 0.601. The van der Waals surface area contributed by atoms with E-state index in [1.165, 1.54) is 16.8 Å². The molecule has 2 heterocycles. The van der Waals surface area contributed by atoms with Crippen LogP contribution in [-0.4, -0.2) is 45.5 Å². The molecule has 9 nitrogen and oxygen atoms in total. The molecule has 1 aromatic carbocycles. The van der Waals surface area contributed by atoms with E-state index < -0.39 is 4.92 Å². The lowest BCUT2D eigenvalue weighted by Crippen LogP contribution is -2.38. The summed E-state index contributed by atoms with van der Waals surface area (Å²) in [4.78, 5) is 22.8. The lowest BCUT2D eigenvalue weighted by Gasteiger charge is -2.22. The molecule has 2 aromatic rings. The van der Waals surface area contributed by atoms with E-state index in [-0.39, 0.29) is 29.7 Å². The maximum absolute atomic E-state index is 12.4. The van der Waals surface area contributed by atoms with Crippen LogP contribution in [0.25, 0.3) is 5.69 Å². The number of amides is 1. The fourth-order valence-electron chi connectivity index (χ4n) is 2.94. The molecular formula is C16H21ClN6O3. The number of rotatable bonds is 5. The summed E-state index contributed by atoms with van der Waals surface area (Å²) in [5.74, 6) is 0.143. The van der Waals surface area contributed by atoms with Crippen molar-refractivity contribution in [2.45, 2.75) is 19.8 Å². The molecule has 1 aromatic heterocycles. The van der Waals surface area contributed by atoms with Crippen molar-refractivity contribution in [1.82, 2.24) is 25.6 Å². The first kappa shape index (κ1) is 19.8. The second kappa shape index (κ2) is 8.72. The molecule has 10 heteroatoms. The first-order valence-electron chi connectivity index (χ1n) is 8.22. The smallest absolute Gasteiger partial charge is 0.273 e. The molecule has 3 rings (SSSR count). The summed E-state index contributed by atoms with van der Waals surface area (Å²) in [6.07, 6.45) is 2.20. The molecule has 0 aliphatic carbocycles. The number of hydrogen-bond acceptors (Lipinski definition) is 6. The molecule has 26 heavy (non-hydrogen) atoms. The Kier molecular flexibility index (Phi) is 6.64. The SMILES string of the molecule is Cc1c(C(=O)NCC2CCCNC2)nnn1-c1cccc([N+](=O)[O-])c1.Cl. The standard InChI is InChI=1S/C16H20N6O3.ClH/c1-11-15(16(23)18-10-12-4-3-7-17-9-12)19-20-21(11)13-5-2-6-14(8-13)22(24)25;/h2,5-6,8,12,17H,3-4,7,9-10H2,1H3,(H,18,23);1H. The van der Waals surface area contributed by atoms with E-state index in [9.17, 15) is 14.9 Å². The second-order valence-electron chi connectivity index (χ2n) is 6.13. The Morgan fingerprint density at radius 2 is 2.31 bits per heavy atom. The number of nitro benzene ring substituents is 1. The lowest BCUT2D eigenvalue weighted by atomic mass is 10.00. The van der Waals surface area contributed by atoms with Gasteiger partial charge in [0.1, 0.15) is 0 Å². The van der Waals surface area contributed by atoms with Gasteiger partial charge in [-0.1, -0.05) is 11.3 Å². The van der Waals surface area contributed by atoms with Gasteiger partial charge in [0, 0.05) is 18.7 Å². The number of nitrogens with one attached hydrogen (secondary N) is 2. The minimum Gasteiger partial charge on any atom is -0.350 e. The van der Waals surface area contributed by atoms with E-state index in [0.29, 0.717) is 23.8 Å². The molecular weight excluding hydrogens is 360 g/mol. The summed E-state index contributed by atoms with van der Waals surface area (Å²) in [5.41, 5.74) is 1.23. The first-order chi connectivity index (χ1) is 12.1. The summed E-state index contributed by atoms with van der Waals surface area (Å²) < 4.78 is 1.43. The predicted molar refractivity (Wildman–Crippen MR) is 97.9 cm³/mol. The van der Waals surface area contributed by atoms with Crippen molar-refractivity contribution in [1.29, 1.82) is 0 Å². The fraction of sp³-hybridized carbons (Fsp3) is 0.438. The zero-order valence-corrected chi connectivity index (χ0v) is 15.2. The number of carbonyl (C=O) groups is 1. The predicted octanol–water partition coefficient (Wildman–Crippen LogP) is 1.64. The lowest BCUT2D eigenvalue weighted by molar-refractivity contribution is -0.384. The number of nitro groups is 1. The van der Waals surface area contributed by atoms with E-state index >= 15 is 0 Å². The number of piperidine rings is 1. The maximum atomic E-state index is 12.4. The van der Waals surface area contributed by atoms with Crippen LogP contribution in [0.1, 0.15) is 29.0 Å². The Labute approximate surface area is 156 Å². The third kappa shape index (κ3) is 4.36. The maximum Gasteiger partial charge on any atom is 0.273 e. The summed E-state index contributed by atoms with van der Waals surface area (Å²) in [6, 6.07) is 6.06. The number of hydrogen-bond donors (Lipinski definition) is 2. The van der Waals surface area contributed by atoms with E-state index in [1.54, 1.807) is 19.1 Å². The van der Waals surface area contributed by atoms with Crippen LogP contribution in [0.2, 0.25) is 0 Å². The Balaban J connectivity index is 0.00000243. The van der Waals surface area contributed by atoms with Crippen LogP contribution in [-0.2, 0) is 0 Å². The van der Waals surface area contributed by atoms with Gasteiger partial charge in [0.15, 0.2) is 5.69 Å². The molecule has 0 saturated carbocycles. The van der Waals surface area contributed by atoms with Crippen molar-refractivity contribution in [3.8, 4) is 5.69 Å². The van der Waals surface area contributed by atoms with Crippen LogP contribution in [0.4, 0.5) is 5.69 Å². The van der Waals surface area contributed by atoms with Crippen LogP contribution in [0.3, 0.4) is 0 Å². The highest BCUT2D eigenvalue weighted by Crippen LogP contribution is 2.18. The molecule has 1 amide bonds. The summed E-state index contributed by atoms with van der Waals surface area (Å²) in [7, 11) is 0. The van der Waals surface area contributed by atoms with Crippen molar-refractivity contribution in [2.75, 3.05) is 19.6 Å². The Morgan fingerprint density at radius 1 is 1.50 bits per heavy atom. The summed E-state index contributed by atoms with van der Waals surface area (Å²) >= 11 is 0. The number of nitrogens with zero attached hydrogens (tertiary/aromatic N) is 4. The topological polar surface area (TPSA) is 115 Å². The molecule has 0 radical (unpaired) electrons. The Morgan fingerprint density at radius 3 is 3.00 bits per heavy atom. The number of benzene rings is 1. The van der Waals surface area contributed by atoms with E-state index in [2.05, 4.69) is 20.9 Å². The normalized spacial score (nSPS) is 16.6. The average molecular weight is 381 g/mol. The van der Waals surface area contributed by atoms with Gasteiger partial charge in [-0.05, 0) is 44.8 Å². The highest BCUT2D eigenvalue weighted by atomic mass is 35.5. The first-order valence-corrected chi connectivity index (χ1v) is 8.22. The third-order valence-corrected chi connectivity index (χ3v) is 4.35. The molecule has 1 saturated heterocycles. The van der Waals surface area contributed by atoms with E-state index in [0.717, 1.165) is 25.9 Å². The average Bonchev–Trinajstić information content (AvgIpc) is 3.02. The molecule has 0 bridgehead atoms. The number of non-ortho nitro benzene ring substituents is 1. The Bertz CT molecular complexity index is 788. The van der Waals surface area contributed by atoms with Crippen molar-refractivity contribution in [2.24, 2.45) is 5.92 Å². The van der Waals surface area contributed by atoms with Crippen molar-refractivity contribution < 1.29 is 9.72 Å². The van der Waals surface area contributed by atoms with Gasteiger partial charge in [-0.25, -0.2) is 4.68 Å². The van der Waals surface area contributed by atoms with Gasteiger partial charge in [-0.3, -0.25) is 14.9 Å². The molecule has 1 unspecified atom stereocenters. The van der Waals surface area contributed by atoms with Crippen molar-refractivity contribution in [3.05, 3.63) is 45.8 Å².